The van der Waals surface area contributed by atoms with E-state index in [0.717, 1.165) is 34.5 Å². The molecule has 0 aliphatic carbocycles. The standard InChI is InChI=1S/C20H16BrCl2N3S/c21-13-3-1-4-15(11-13)24-20(27)26-10-9-25-8-2-5-18(25)19(26)16-7-6-14(22)12-17(16)23/h1-8,11-12,19H,9-10H2,(H,24,27)/t19-/m0/s1. The molecule has 0 fully saturated rings. The van der Waals surface area contributed by atoms with Crippen LogP contribution >= 0.6 is 51.3 Å². The van der Waals surface area contributed by atoms with Crippen LogP contribution in [0.5, 0.6) is 0 Å². The third kappa shape index (κ3) is 3.87. The van der Waals surface area contributed by atoms with Crippen molar-refractivity contribution in [2.24, 2.45) is 0 Å². The summed E-state index contributed by atoms with van der Waals surface area (Å²) in [4.78, 5) is 2.18. The van der Waals surface area contributed by atoms with Gasteiger partial charge in [0.2, 0.25) is 0 Å². The Morgan fingerprint density at radius 3 is 2.70 bits per heavy atom. The number of fused-ring (bicyclic) bond motifs is 1. The zero-order chi connectivity index (χ0) is 19.0. The lowest BCUT2D eigenvalue weighted by Crippen LogP contribution is -2.44. The molecule has 0 bridgehead atoms. The molecule has 0 saturated carbocycles. The first-order valence-corrected chi connectivity index (χ1v) is 10.4. The Kier molecular flexibility index (Phi) is 5.46. The number of nitrogens with one attached hydrogen (secondary N) is 1. The molecule has 7 heteroatoms. The minimum absolute atomic E-state index is 0.0781. The van der Waals surface area contributed by atoms with Gasteiger partial charge in [-0.2, -0.15) is 0 Å². The number of hydrogen-bond donors (Lipinski definition) is 1. The lowest BCUT2D eigenvalue weighted by atomic mass is 10.00. The second kappa shape index (κ2) is 7.84. The van der Waals surface area contributed by atoms with Gasteiger partial charge in [0.1, 0.15) is 0 Å². The van der Waals surface area contributed by atoms with E-state index in [1.54, 1.807) is 6.07 Å². The number of thiocarbonyl (C=S) groups is 1. The lowest BCUT2D eigenvalue weighted by molar-refractivity contribution is 0.293. The monoisotopic (exact) mass is 479 g/mol. The van der Waals surface area contributed by atoms with Crippen LogP contribution in [0.25, 0.3) is 0 Å². The van der Waals surface area contributed by atoms with Crippen LogP contribution in [0.2, 0.25) is 10.0 Å². The second-order valence-electron chi connectivity index (χ2n) is 6.33. The Morgan fingerprint density at radius 1 is 1.07 bits per heavy atom. The Hall–Kier alpha value is -1.53. The Morgan fingerprint density at radius 2 is 1.93 bits per heavy atom. The fourth-order valence-corrected chi connectivity index (χ4v) is 4.64. The molecule has 0 saturated heterocycles. The molecule has 138 valence electrons. The van der Waals surface area contributed by atoms with E-state index >= 15 is 0 Å². The molecule has 0 spiro atoms. The number of rotatable bonds is 2. The highest BCUT2D eigenvalue weighted by Gasteiger charge is 2.32. The van der Waals surface area contributed by atoms with Crippen LogP contribution in [0.4, 0.5) is 5.69 Å². The Balaban J connectivity index is 1.71. The van der Waals surface area contributed by atoms with Gasteiger partial charge in [-0.1, -0.05) is 51.3 Å². The average Bonchev–Trinajstić information content (AvgIpc) is 3.10. The molecule has 1 aromatic heterocycles. The quantitative estimate of drug-likeness (QED) is 0.431. The van der Waals surface area contributed by atoms with Crippen molar-refractivity contribution in [3.05, 3.63) is 86.6 Å². The Labute approximate surface area is 182 Å². The SMILES string of the molecule is S=C(Nc1cccc(Br)c1)N1CCn2cccc2[C@@H]1c1ccc(Cl)cc1Cl. The summed E-state index contributed by atoms with van der Waals surface area (Å²) in [6.07, 6.45) is 2.09. The largest absolute Gasteiger partial charge is 0.348 e. The predicted molar refractivity (Wildman–Crippen MR) is 120 cm³/mol. The normalized spacial score (nSPS) is 16.1. The maximum Gasteiger partial charge on any atom is 0.174 e. The first-order valence-electron chi connectivity index (χ1n) is 8.46. The summed E-state index contributed by atoms with van der Waals surface area (Å²) in [6.45, 7) is 1.65. The zero-order valence-electron chi connectivity index (χ0n) is 14.2. The third-order valence-corrected chi connectivity index (χ3v) is 6.02. The molecule has 3 nitrogen and oxygen atoms in total. The van der Waals surface area contributed by atoms with Crippen molar-refractivity contribution in [1.82, 2.24) is 9.47 Å². The van der Waals surface area contributed by atoms with Gasteiger partial charge in [0, 0.05) is 45.2 Å². The fraction of sp³-hybridized carbons (Fsp3) is 0.150. The number of benzene rings is 2. The first-order chi connectivity index (χ1) is 13.0. The van der Waals surface area contributed by atoms with Crippen LogP contribution in [0, 0.1) is 0 Å². The molecule has 0 amide bonds. The lowest BCUT2D eigenvalue weighted by Gasteiger charge is -2.39. The fourth-order valence-electron chi connectivity index (χ4n) is 3.41. The van der Waals surface area contributed by atoms with E-state index in [4.69, 9.17) is 35.4 Å². The van der Waals surface area contributed by atoms with E-state index in [1.165, 1.54) is 0 Å². The number of aromatic nitrogens is 1. The van der Waals surface area contributed by atoms with Crippen molar-refractivity contribution in [3.63, 3.8) is 0 Å². The zero-order valence-corrected chi connectivity index (χ0v) is 18.1. The highest BCUT2D eigenvalue weighted by atomic mass is 79.9. The summed E-state index contributed by atoms with van der Waals surface area (Å²) in [5.41, 5.74) is 3.08. The maximum atomic E-state index is 6.56. The minimum Gasteiger partial charge on any atom is -0.348 e. The van der Waals surface area contributed by atoms with Crippen LogP contribution < -0.4 is 5.32 Å². The topological polar surface area (TPSA) is 20.2 Å². The molecule has 1 atom stereocenters. The molecule has 4 rings (SSSR count). The van der Waals surface area contributed by atoms with Crippen LogP contribution in [0.3, 0.4) is 0 Å². The minimum atomic E-state index is -0.0781. The van der Waals surface area contributed by atoms with E-state index in [1.807, 2.05) is 36.4 Å². The molecule has 3 aromatic rings. The second-order valence-corrected chi connectivity index (χ2v) is 8.47. The first kappa shape index (κ1) is 18.8. The summed E-state index contributed by atoms with van der Waals surface area (Å²) in [7, 11) is 0. The summed E-state index contributed by atoms with van der Waals surface area (Å²) in [5.74, 6) is 0. The maximum absolute atomic E-state index is 6.56. The molecular weight excluding hydrogens is 465 g/mol. The predicted octanol–water partition coefficient (Wildman–Crippen LogP) is 6.36. The molecule has 0 unspecified atom stereocenters. The van der Waals surface area contributed by atoms with Crippen molar-refractivity contribution >= 4 is 62.1 Å². The van der Waals surface area contributed by atoms with Crippen molar-refractivity contribution < 1.29 is 0 Å². The molecule has 1 N–H and O–H groups in total. The van der Waals surface area contributed by atoms with Crippen LogP contribution in [-0.4, -0.2) is 21.1 Å². The average molecular weight is 481 g/mol. The van der Waals surface area contributed by atoms with Gasteiger partial charge in [0.05, 0.1) is 6.04 Å². The van der Waals surface area contributed by atoms with Gasteiger partial charge in [-0.25, -0.2) is 0 Å². The van der Waals surface area contributed by atoms with Crippen molar-refractivity contribution in [1.29, 1.82) is 0 Å². The number of nitrogens with zero attached hydrogens (tertiary/aromatic N) is 2. The van der Waals surface area contributed by atoms with E-state index in [0.29, 0.717) is 15.2 Å². The van der Waals surface area contributed by atoms with Gasteiger partial charge in [-0.3, -0.25) is 0 Å². The van der Waals surface area contributed by atoms with Crippen LogP contribution in [0.15, 0.2) is 65.3 Å². The Bertz CT molecular complexity index is 1000. The van der Waals surface area contributed by atoms with Crippen LogP contribution in [0.1, 0.15) is 17.3 Å². The van der Waals surface area contributed by atoms with Gasteiger partial charge in [0.25, 0.3) is 0 Å². The summed E-state index contributed by atoms with van der Waals surface area (Å²) in [6, 6.07) is 17.7. The van der Waals surface area contributed by atoms with Gasteiger partial charge in [-0.15, -0.1) is 0 Å². The highest BCUT2D eigenvalue weighted by molar-refractivity contribution is 9.10. The summed E-state index contributed by atoms with van der Waals surface area (Å²) in [5, 5.41) is 5.28. The van der Waals surface area contributed by atoms with E-state index in [9.17, 15) is 0 Å². The molecule has 1 aliphatic heterocycles. The molecule has 1 aliphatic rings. The number of hydrogen-bond acceptors (Lipinski definition) is 1. The summed E-state index contributed by atoms with van der Waals surface area (Å²) >= 11 is 21.9. The van der Waals surface area contributed by atoms with E-state index < -0.39 is 0 Å². The van der Waals surface area contributed by atoms with E-state index in [-0.39, 0.29) is 6.04 Å². The van der Waals surface area contributed by atoms with Gasteiger partial charge < -0.3 is 14.8 Å². The number of anilines is 1. The molecule has 27 heavy (non-hydrogen) atoms. The number of halogens is 3. The van der Waals surface area contributed by atoms with Gasteiger partial charge in [0.15, 0.2) is 5.11 Å². The molecular formula is C20H16BrCl2N3S. The van der Waals surface area contributed by atoms with Crippen molar-refractivity contribution in [3.8, 4) is 0 Å². The molecule has 0 radical (unpaired) electrons. The highest BCUT2D eigenvalue weighted by Crippen LogP contribution is 2.37. The van der Waals surface area contributed by atoms with E-state index in [2.05, 4.69) is 49.0 Å². The van der Waals surface area contributed by atoms with Crippen LogP contribution in [-0.2, 0) is 6.54 Å². The van der Waals surface area contributed by atoms with Crippen molar-refractivity contribution in [2.75, 3.05) is 11.9 Å². The third-order valence-electron chi connectivity index (χ3n) is 4.63. The van der Waals surface area contributed by atoms with Crippen molar-refractivity contribution in [2.45, 2.75) is 12.6 Å². The molecule has 2 aromatic carbocycles. The van der Waals surface area contributed by atoms with Gasteiger partial charge in [-0.05, 0) is 60.2 Å². The van der Waals surface area contributed by atoms with Gasteiger partial charge >= 0.3 is 0 Å². The summed E-state index contributed by atoms with van der Waals surface area (Å²) < 4.78 is 3.24. The molecule has 2 heterocycles. The smallest absolute Gasteiger partial charge is 0.174 e.